The van der Waals surface area contributed by atoms with Gasteiger partial charge in [-0.3, -0.25) is 4.99 Å². The number of aliphatic imine (C=N–C) groups is 1. The molecule has 2 heterocycles. The summed E-state index contributed by atoms with van der Waals surface area (Å²) in [6, 6.07) is 0.748. The zero-order valence-electron chi connectivity index (χ0n) is 9.65. The van der Waals surface area contributed by atoms with Gasteiger partial charge < -0.3 is 5.32 Å². The van der Waals surface area contributed by atoms with Crippen LogP contribution < -0.4 is 5.32 Å². The second-order valence-corrected chi connectivity index (χ2v) is 7.29. The van der Waals surface area contributed by atoms with Gasteiger partial charge in [0.2, 0.25) is 0 Å². The summed E-state index contributed by atoms with van der Waals surface area (Å²) in [7, 11) is 0. The summed E-state index contributed by atoms with van der Waals surface area (Å²) < 4.78 is 0. The smallest absolute Gasteiger partial charge is 0.156 e. The van der Waals surface area contributed by atoms with E-state index in [0.717, 1.165) is 24.4 Å². The molecule has 3 atom stereocenters. The largest absolute Gasteiger partial charge is 0.362 e. The Kier molecular flexibility index (Phi) is 3.67. The maximum absolute atomic E-state index is 4.78. The lowest BCUT2D eigenvalue weighted by atomic mass is 10.1. The molecule has 3 unspecified atom stereocenters. The Bertz CT molecular complexity index is 274. The fourth-order valence-electron chi connectivity index (χ4n) is 2.84. The van der Waals surface area contributed by atoms with E-state index in [1.165, 1.54) is 48.1 Å². The fourth-order valence-corrected chi connectivity index (χ4v) is 5.29. The van der Waals surface area contributed by atoms with Crippen molar-refractivity contribution in [2.24, 2.45) is 16.8 Å². The van der Waals surface area contributed by atoms with Crippen LogP contribution in [0.2, 0.25) is 0 Å². The van der Waals surface area contributed by atoms with E-state index in [-0.39, 0.29) is 0 Å². The number of amidine groups is 1. The van der Waals surface area contributed by atoms with Gasteiger partial charge >= 0.3 is 0 Å². The lowest BCUT2D eigenvalue weighted by molar-refractivity contribution is 0.488. The van der Waals surface area contributed by atoms with Crippen LogP contribution in [0.25, 0.3) is 0 Å². The molecule has 4 heteroatoms. The first kappa shape index (κ1) is 11.3. The number of fused-ring (bicyclic) bond motifs is 1. The Morgan fingerprint density at radius 2 is 2.25 bits per heavy atom. The number of nitrogens with zero attached hydrogens (tertiary/aromatic N) is 1. The van der Waals surface area contributed by atoms with E-state index < -0.39 is 0 Å². The van der Waals surface area contributed by atoms with Crippen molar-refractivity contribution in [1.82, 2.24) is 5.32 Å². The zero-order chi connectivity index (χ0) is 10.8. The molecule has 16 heavy (non-hydrogen) atoms. The molecule has 2 nitrogen and oxygen atoms in total. The van der Waals surface area contributed by atoms with Gasteiger partial charge in [0.25, 0.3) is 0 Å². The molecular formula is C12H20N2S2. The summed E-state index contributed by atoms with van der Waals surface area (Å²) in [5.41, 5.74) is 0. The maximum atomic E-state index is 4.78. The maximum Gasteiger partial charge on any atom is 0.156 e. The van der Waals surface area contributed by atoms with E-state index >= 15 is 0 Å². The summed E-state index contributed by atoms with van der Waals surface area (Å²) in [5, 5.41) is 4.88. The molecule has 2 saturated heterocycles. The van der Waals surface area contributed by atoms with Gasteiger partial charge in [-0.2, -0.15) is 11.8 Å². The van der Waals surface area contributed by atoms with Crippen molar-refractivity contribution in [2.75, 3.05) is 23.8 Å². The Balaban J connectivity index is 1.52. The minimum atomic E-state index is 0.748. The molecule has 0 aromatic rings. The zero-order valence-corrected chi connectivity index (χ0v) is 11.3. The monoisotopic (exact) mass is 256 g/mol. The first-order valence-corrected chi connectivity index (χ1v) is 8.57. The molecule has 0 aromatic heterocycles. The molecular weight excluding hydrogens is 236 g/mol. The third-order valence-electron chi connectivity index (χ3n) is 3.92. The number of thioether (sulfide) groups is 2. The second-order valence-electron chi connectivity index (χ2n) is 5.13. The average Bonchev–Trinajstić information content (AvgIpc) is 2.97. The molecule has 0 aromatic carbocycles. The van der Waals surface area contributed by atoms with E-state index in [1.54, 1.807) is 0 Å². The Morgan fingerprint density at radius 3 is 3.12 bits per heavy atom. The summed E-state index contributed by atoms with van der Waals surface area (Å²) >= 11 is 4.04. The van der Waals surface area contributed by atoms with Crippen molar-refractivity contribution in [2.45, 2.75) is 31.7 Å². The predicted octanol–water partition coefficient (Wildman–Crippen LogP) is 2.60. The van der Waals surface area contributed by atoms with Crippen LogP contribution >= 0.6 is 23.5 Å². The summed E-state index contributed by atoms with van der Waals surface area (Å²) in [6.07, 6.45) is 5.58. The van der Waals surface area contributed by atoms with Crippen molar-refractivity contribution in [3.05, 3.63) is 0 Å². The third-order valence-corrected chi connectivity index (χ3v) is 6.27. The molecule has 0 bridgehead atoms. The first-order valence-electron chi connectivity index (χ1n) is 6.43. The predicted molar refractivity (Wildman–Crippen MR) is 74.5 cm³/mol. The Labute approximate surface area is 106 Å². The average molecular weight is 256 g/mol. The van der Waals surface area contributed by atoms with Crippen molar-refractivity contribution in [3.63, 3.8) is 0 Å². The van der Waals surface area contributed by atoms with Gasteiger partial charge in [-0.15, -0.1) is 0 Å². The van der Waals surface area contributed by atoms with Crippen LogP contribution in [-0.4, -0.2) is 35.0 Å². The van der Waals surface area contributed by atoms with E-state index in [4.69, 9.17) is 4.99 Å². The van der Waals surface area contributed by atoms with Crippen molar-refractivity contribution in [3.8, 4) is 0 Å². The molecule has 1 saturated carbocycles. The fraction of sp³-hybridized carbons (Fsp3) is 0.917. The number of hydrogen-bond acceptors (Lipinski definition) is 3. The molecule has 2 aliphatic heterocycles. The molecule has 3 rings (SSSR count). The molecule has 1 N–H and O–H groups in total. The van der Waals surface area contributed by atoms with Crippen molar-refractivity contribution in [1.29, 1.82) is 0 Å². The van der Waals surface area contributed by atoms with Gasteiger partial charge in [-0.05, 0) is 42.6 Å². The van der Waals surface area contributed by atoms with Crippen molar-refractivity contribution >= 4 is 28.7 Å². The normalized spacial score (nSPS) is 41.0. The highest BCUT2D eigenvalue weighted by Gasteiger charge is 2.32. The number of hydrogen-bond donors (Lipinski definition) is 1. The SMILES string of the molecule is C1CC2CSC(=NCC3CCSC3)NC2C1. The Morgan fingerprint density at radius 1 is 1.25 bits per heavy atom. The van der Waals surface area contributed by atoms with Crippen LogP contribution in [0.15, 0.2) is 4.99 Å². The highest BCUT2D eigenvalue weighted by atomic mass is 32.2. The molecule has 0 amide bonds. The number of nitrogens with one attached hydrogen (secondary N) is 1. The van der Waals surface area contributed by atoms with Crippen molar-refractivity contribution < 1.29 is 0 Å². The molecule has 3 fully saturated rings. The quantitative estimate of drug-likeness (QED) is 0.822. The minimum Gasteiger partial charge on any atom is -0.362 e. The van der Waals surface area contributed by atoms with Crippen LogP contribution in [0.1, 0.15) is 25.7 Å². The van der Waals surface area contributed by atoms with Crippen LogP contribution in [0.3, 0.4) is 0 Å². The van der Waals surface area contributed by atoms with Gasteiger partial charge in [-0.1, -0.05) is 18.2 Å². The molecule has 0 radical (unpaired) electrons. The highest BCUT2D eigenvalue weighted by Crippen LogP contribution is 2.33. The van der Waals surface area contributed by atoms with Gasteiger partial charge in [0.05, 0.1) is 0 Å². The van der Waals surface area contributed by atoms with Crippen LogP contribution in [-0.2, 0) is 0 Å². The highest BCUT2D eigenvalue weighted by molar-refractivity contribution is 8.13. The second kappa shape index (κ2) is 5.21. The van der Waals surface area contributed by atoms with Crippen LogP contribution in [0.5, 0.6) is 0 Å². The molecule has 0 spiro atoms. The van der Waals surface area contributed by atoms with Gasteiger partial charge in [0.15, 0.2) is 5.17 Å². The molecule has 1 aliphatic carbocycles. The lowest BCUT2D eigenvalue weighted by Crippen LogP contribution is -2.41. The summed E-state index contributed by atoms with van der Waals surface area (Å²) in [4.78, 5) is 4.78. The van der Waals surface area contributed by atoms with E-state index in [9.17, 15) is 0 Å². The third kappa shape index (κ3) is 2.53. The van der Waals surface area contributed by atoms with E-state index in [1.807, 2.05) is 11.8 Å². The first-order chi connectivity index (χ1) is 7.92. The van der Waals surface area contributed by atoms with E-state index in [2.05, 4.69) is 17.1 Å². The number of rotatable bonds is 2. The standard InChI is InChI=1S/C12H20N2S2/c1-2-10-8-16-12(14-11(10)3-1)13-6-9-4-5-15-7-9/h9-11H,1-8H2,(H,13,14). The van der Waals surface area contributed by atoms with Crippen LogP contribution in [0.4, 0.5) is 0 Å². The molecule has 3 aliphatic rings. The minimum absolute atomic E-state index is 0.748. The van der Waals surface area contributed by atoms with Crippen LogP contribution in [0, 0.1) is 11.8 Å². The van der Waals surface area contributed by atoms with Gasteiger partial charge in [0.1, 0.15) is 0 Å². The van der Waals surface area contributed by atoms with Gasteiger partial charge in [0, 0.05) is 18.3 Å². The molecule has 90 valence electrons. The Hall–Kier alpha value is 0.170. The summed E-state index contributed by atoms with van der Waals surface area (Å²) in [6.45, 7) is 1.06. The lowest BCUT2D eigenvalue weighted by Gasteiger charge is -2.28. The van der Waals surface area contributed by atoms with E-state index in [0.29, 0.717) is 0 Å². The van der Waals surface area contributed by atoms with Gasteiger partial charge in [-0.25, -0.2) is 0 Å². The summed E-state index contributed by atoms with van der Waals surface area (Å²) in [5.74, 6) is 5.75. The topological polar surface area (TPSA) is 24.4 Å².